The van der Waals surface area contributed by atoms with E-state index in [1.54, 1.807) is 0 Å². The van der Waals surface area contributed by atoms with E-state index in [2.05, 4.69) is 10.6 Å². The average molecular weight is 303 g/mol. The van der Waals surface area contributed by atoms with Gasteiger partial charge in [-0.1, -0.05) is 32.0 Å². The topological polar surface area (TPSA) is 61.4 Å². The number of amides is 3. The molecule has 1 fully saturated rings. The zero-order valence-corrected chi connectivity index (χ0v) is 13.3. The number of para-hydroxylation sites is 1. The van der Waals surface area contributed by atoms with Gasteiger partial charge in [-0.2, -0.15) is 0 Å². The van der Waals surface area contributed by atoms with Crippen LogP contribution < -0.4 is 10.6 Å². The minimum absolute atomic E-state index is 0.000993. The smallest absolute Gasteiger partial charge is 0.321 e. The van der Waals surface area contributed by atoms with Crippen LogP contribution >= 0.6 is 0 Å². The number of anilines is 1. The van der Waals surface area contributed by atoms with E-state index in [1.807, 2.05) is 49.1 Å². The maximum atomic E-state index is 12.3. The summed E-state index contributed by atoms with van der Waals surface area (Å²) in [7, 11) is 0. The van der Waals surface area contributed by atoms with E-state index in [1.165, 1.54) is 0 Å². The van der Waals surface area contributed by atoms with Gasteiger partial charge in [0.05, 0.1) is 0 Å². The van der Waals surface area contributed by atoms with Gasteiger partial charge in [0.1, 0.15) is 0 Å². The third-order valence-corrected chi connectivity index (χ3v) is 3.92. The number of nitrogens with zero attached hydrogens (tertiary/aromatic N) is 1. The summed E-state index contributed by atoms with van der Waals surface area (Å²) in [5.41, 5.74) is 0.808. The lowest BCUT2D eigenvalue weighted by atomic mass is 9.98. The van der Waals surface area contributed by atoms with Crippen molar-refractivity contribution in [1.29, 1.82) is 0 Å². The number of hydrogen-bond donors (Lipinski definition) is 2. The van der Waals surface area contributed by atoms with E-state index >= 15 is 0 Å². The molecule has 1 aromatic rings. The van der Waals surface area contributed by atoms with Crippen LogP contribution in [0.4, 0.5) is 10.5 Å². The maximum Gasteiger partial charge on any atom is 0.321 e. The molecule has 1 aromatic carbocycles. The van der Waals surface area contributed by atoms with Crippen LogP contribution in [0.5, 0.6) is 0 Å². The Morgan fingerprint density at radius 2 is 2.00 bits per heavy atom. The second-order valence-corrected chi connectivity index (χ2v) is 6.15. The van der Waals surface area contributed by atoms with Crippen molar-refractivity contribution in [3.63, 3.8) is 0 Å². The highest BCUT2D eigenvalue weighted by atomic mass is 16.2. The number of hydrogen-bond acceptors (Lipinski definition) is 2. The lowest BCUT2D eigenvalue weighted by molar-refractivity contribution is -0.124. The molecule has 1 saturated heterocycles. The van der Waals surface area contributed by atoms with Gasteiger partial charge in [0, 0.05) is 31.2 Å². The summed E-state index contributed by atoms with van der Waals surface area (Å²) in [6, 6.07) is 9.41. The van der Waals surface area contributed by atoms with Gasteiger partial charge in [-0.3, -0.25) is 4.79 Å². The predicted octanol–water partition coefficient (Wildman–Crippen LogP) is 2.70. The molecule has 1 aliphatic heterocycles. The molecule has 5 nitrogen and oxygen atoms in total. The van der Waals surface area contributed by atoms with Crippen LogP contribution in [0.15, 0.2) is 30.3 Å². The Balaban J connectivity index is 1.82. The van der Waals surface area contributed by atoms with Gasteiger partial charge in [0.15, 0.2) is 0 Å². The largest absolute Gasteiger partial charge is 0.356 e. The molecule has 0 aliphatic carbocycles. The molecule has 2 N–H and O–H groups in total. The summed E-state index contributed by atoms with van der Waals surface area (Å²) in [4.78, 5) is 25.8. The van der Waals surface area contributed by atoms with Crippen molar-refractivity contribution in [2.75, 3.05) is 25.0 Å². The molecule has 1 heterocycles. The number of urea groups is 1. The maximum absolute atomic E-state index is 12.3. The first-order chi connectivity index (χ1) is 10.6. The first-order valence-corrected chi connectivity index (χ1v) is 7.95. The van der Waals surface area contributed by atoms with Crippen molar-refractivity contribution < 1.29 is 9.59 Å². The quantitative estimate of drug-likeness (QED) is 0.898. The summed E-state index contributed by atoms with van der Waals surface area (Å²) in [5.74, 6) is 0.407. The normalized spacial score (nSPS) is 18.1. The van der Waals surface area contributed by atoms with Gasteiger partial charge in [-0.15, -0.1) is 0 Å². The summed E-state index contributed by atoms with van der Waals surface area (Å²) >= 11 is 0. The van der Waals surface area contributed by atoms with Crippen molar-refractivity contribution in [1.82, 2.24) is 10.2 Å². The molecule has 22 heavy (non-hydrogen) atoms. The Kier molecular flexibility index (Phi) is 5.81. The van der Waals surface area contributed by atoms with Gasteiger partial charge in [0.25, 0.3) is 0 Å². The third-order valence-electron chi connectivity index (χ3n) is 3.92. The molecular weight excluding hydrogens is 278 g/mol. The summed E-state index contributed by atoms with van der Waals surface area (Å²) in [5, 5.41) is 5.88. The Morgan fingerprint density at radius 1 is 1.27 bits per heavy atom. The first-order valence-electron chi connectivity index (χ1n) is 7.95. The van der Waals surface area contributed by atoms with Crippen LogP contribution in [0, 0.1) is 11.8 Å². The molecule has 0 saturated carbocycles. The standard InChI is InChI=1S/C17H25N3O2/c1-13(2)16(21)18-11-14-7-6-10-20(12-14)17(22)19-15-8-4-3-5-9-15/h3-5,8-9,13-14H,6-7,10-12H2,1-2H3,(H,18,21)(H,19,22)/t14-/m1/s1. The molecule has 0 unspecified atom stereocenters. The highest BCUT2D eigenvalue weighted by Gasteiger charge is 2.24. The Bertz CT molecular complexity index is 502. The van der Waals surface area contributed by atoms with Gasteiger partial charge < -0.3 is 15.5 Å². The predicted molar refractivity (Wildman–Crippen MR) is 87.6 cm³/mol. The minimum Gasteiger partial charge on any atom is -0.356 e. The first kappa shape index (κ1) is 16.3. The lowest BCUT2D eigenvalue weighted by Crippen LogP contribution is -2.45. The van der Waals surface area contributed by atoms with Crippen molar-refractivity contribution >= 4 is 17.6 Å². The van der Waals surface area contributed by atoms with E-state index in [-0.39, 0.29) is 17.9 Å². The molecule has 1 aliphatic rings. The molecule has 0 bridgehead atoms. The molecule has 0 spiro atoms. The van der Waals surface area contributed by atoms with E-state index in [4.69, 9.17) is 0 Å². The van der Waals surface area contributed by atoms with E-state index in [0.29, 0.717) is 19.0 Å². The monoisotopic (exact) mass is 303 g/mol. The number of likely N-dealkylation sites (tertiary alicyclic amines) is 1. The third kappa shape index (κ3) is 4.76. The number of nitrogens with one attached hydrogen (secondary N) is 2. The van der Waals surface area contributed by atoms with Crippen LogP contribution in [0.2, 0.25) is 0 Å². The number of benzene rings is 1. The van der Waals surface area contributed by atoms with Gasteiger partial charge in [0.2, 0.25) is 5.91 Å². The minimum atomic E-state index is -0.0638. The lowest BCUT2D eigenvalue weighted by Gasteiger charge is -2.33. The van der Waals surface area contributed by atoms with Crippen LogP contribution in [0.25, 0.3) is 0 Å². The summed E-state index contributed by atoms with van der Waals surface area (Å²) < 4.78 is 0. The second-order valence-electron chi connectivity index (χ2n) is 6.15. The van der Waals surface area contributed by atoms with Gasteiger partial charge >= 0.3 is 6.03 Å². The van der Waals surface area contributed by atoms with Crippen molar-refractivity contribution in [3.8, 4) is 0 Å². The molecule has 120 valence electrons. The fraction of sp³-hybridized carbons (Fsp3) is 0.529. The second kappa shape index (κ2) is 7.82. The molecular formula is C17H25N3O2. The Morgan fingerprint density at radius 3 is 2.68 bits per heavy atom. The number of piperidine rings is 1. The number of carbonyl (C=O) groups excluding carboxylic acids is 2. The Hall–Kier alpha value is -2.04. The Labute approximate surface area is 132 Å². The zero-order chi connectivity index (χ0) is 15.9. The highest BCUT2D eigenvalue weighted by molar-refractivity contribution is 5.89. The highest BCUT2D eigenvalue weighted by Crippen LogP contribution is 2.17. The van der Waals surface area contributed by atoms with Gasteiger partial charge in [-0.05, 0) is 30.9 Å². The SMILES string of the molecule is CC(C)C(=O)NC[C@H]1CCCN(C(=O)Nc2ccccc2)C1. The van der Waals surface area contributed by atoms with Crippen molar-refractivity contribution in [3.05, 3.63) is 30.3 Å². The van der Waals surface area contributed by atoms with Crippen LogP contribution in [-0.4, -0.2) is 36.5 Å². The van der Waals surface area contributed by atoms with E-state index in [9.17, 15) is 9.59 Å². The molecule has 0 radical (unpaired) electrons. The van der Waals surface area contributed by atoms with E-state index < -0.39 is 0 Å². The summed E-state index contributed by atoms with van der Waals surface area (Å²) in [6.07, 6.45) is 2.03. The number of rotatable bonds is 4. The average Bonchev–Trinajstić information content (AvgIpc) is 2.53. The van der Waals surface area contributed by atoms with E-state index in [0.717, 1.165) is 25.1 Å². The molecule has 3 amide bonds. The van der Waals surface area contributed by atoms with Gasteiger partial charge in [-0.25, -0.2) is 4.79 Å². The fourth-order valence-corrected chi connectivity index (χ4v) is 2.59. The fourth-order valence-electron chi connectivity index (χ4n) is 2.59. The van der Waals surface area contributed by atoms with Crippen LogP contribution in [0.3, 0.4) is 0 Å². The molecule has 0 aromatic heterocycles. The summed E-state index contributed by atoms with van der Waals surface area (Å²) in [6.45, 7) is 5.88. The molecule has 1 atom stereocenters. The number of carbonyl (C=O) groups is 2. The molecule has 2 rings (SSSR count). The van der Waals surface area contributed by atoms with Crippen LogP contribution in [-0.2, 0) is 4.79 Å². The zero-order valence-electron chi connectivity index (χ0n) is 13.3. The van der Waals surface area contributed by atoms with Crippen molar-refractivity contribution in [2.45, 2.75) is 26.7 Å². The van der Waals surface area contributed by atoms with Crippen LogP contribution in [0.1, 0.15) is 26.7 Å². The molecule has 5 heteroatoms. The van der Waals surface area contributed by atoms with Crippen molar-refractivity contribution in [2.24, 2.45) is 11.8 Å².